The third-order valence-corrected chi connectivity index (χ3v) is 7.68. The van der Waals surface area contributed by atoms with Crippen molar-refractivity contribution in [1.82, 2.24) is 9.78 Å². The number of carbonyl (C=O) groups is 2. The monoisotopic (exact) mass is 515 g/mol. The van der Waals surface area contributed by atoms with Crippen molar-refractivity contribution in [3.05, 3.63) is 77.5 Å². The Morgan fingerprint density at radius 3 is 2.11 bits per heavy atom. The molecule has 0 unspecified atom stereocenters. The van der Waals surface area contributed by atoms with Gasteiger partial charge in [-0.25, -0.2) is 9.48 Å². The van der Waals surface area contributed by atoms with Crippen LogP contribution in [0.1, 0.15) is 81.8 Å². The summed E-state index contributed by atoms with van der Waals surface area (Å²) in [5, 5.41) is 14.6. The molecular weight excluding hydrogens is 474 g/mol. The molecule has 1 fully saturated rings. The molecule has 6 heteroatoms. The maximum atomic E-state index is 13.6. The van der Waals surface area contributed by atoms with Gasteiger partial charge in [-0.15, -0.1) is 5.10 Å². The van der Waals surface area contributed by atoms with Crippen molar-refractivity contribution < 1.29 is 14.7 Å². The van der Waals surface area contributed by atoms with Gasteiger partial charge in [0.25, 0.3) is 0 Å². The van der Waals surface area contributed by atoms with Crippen LogP contribution in [0, 0.1) is 17.3 Å². The molecule has 1 aliphatic carbocycles. The van der Waals surface area contributed by atoms with Crippen LogP contribution in [0.15, 0.2) is 60.8 Å². The molecule has 202 valence electrons. The molecule has 3 aromatic rings. The first-order valence-corrected chi connectivity index (χ1v) is 13.8. The normalized spacial score (nSPS) is 17.9. The molecule has 0 spiro atoms. The van der Waals surface area contributed by atoms with Crippen molar-refractivity contribution in [2.75, 3.05) is 4.90 Å². The molecule has 1 aromatic heterocycles. The number of nitrogens with zero attached hydrogens (tertiary/aromatic N) is 3. The van der Waals surface area contributed by atoms with Gasteiger partial charge in [0.15, 0.2) is 5.82 Å². The Kier molecular flexibility index (Phi) is 8.39. The zero-order chi connectivity index (χ0) is 27.4. The lowest BCUT2D eigenvalue weighted by Gasteiger charge is -2.32. The first-order valence-electron chi connectivity index (χ1n) is 13.8. The number of hydrogen-bond acceptors (Lipinski definition) is 3. The fraction of sp³-hybridized carbons (Fsp3) is 0.469. The van der Waals surface area contributed by atoms with Crippen molar-refractivity contribution in [2.45, 2.75) is 79.2 Å². The highest BCUT2D eigenvalue weighted by Gasteiger charge is 2.34. The maximum Gasteiger partial charge on any atom is 0.341 e. The Balaban J connectivity index is 1.56. The smallest absolute Gasteiger partial charge is 0.341 e. The van der Waals surface area contributed by atoms with Gasteiger partial charge < -0.3 is 5.11 Å². The molecule has 1 heterocycles. The molecule has 0 aliphatic heterocycles. The second-order valence-corrected chi connectivity index (χ2v) is 12.0. The Bertz CT molecular complexity index is 1240. The summed E-state index contributed by atoms with van der Waals surface area (Å²) in [6.07, 6.45) is 7.16. The molecule has 38 heavy (non-hydrogen) atoms. The van der Waals surface area contributed by atoms with Gasteiger partial charge in [-0.1, -0.05) is 63.2 Å². The molecule has 0 atom stereocenters. The highest BCUT2D eigenvalue weighted by atomic mass is 16.4. The van der Waals surface area contributed by atoms with Crippen LogP contribution < -0.4 is 4.90 Å². The van der Waals surface area contributed by atoms with Gasteiger partial charge in [-0.05, 0) is 87.0 Å². The fourth-order valence-electron chi connectivity index (χ4n) is 5.66. The van der Waals surface area contributed by atoms with E-state index in [-0.39, 0.29) is 34.7 Å². The van der Waals surface area contributed by atoms with E-state index in [1.807, 2.05) is 32.0 Å². The van der Waals surface area contributed by atoms with E-state index in [0.29, 0.717) is 5.92 Å². The molecule has 1 amide bonds. The van der Waals surface area contributed by atoms with E-state index in [4.69, 9.17) is 0 Å². The topological polar surface area (TPSA) is 75.4 Å². The lowest BCUT2D eigenvalue weighted by molar-refractivity contribution is -0.124. The molecule has 1 aliphatic rings. The third kappa shape index (κ3) is 6.53. The van der Waals surface area contributed by atoms with Crippen LogP contribution in [-0.4, -0.2) is 32.8 Å². The number of carboxylic acids is 1. The maximum absolute atomic E-state index is 13.6. The number of hydrogen-bond donors (Lipinski definition) is 1. The quantitative estimate of drug-likeness (QED) is 0.335. The molecule has 4 rings (SSSR count). The Hall–Kier alpha value is -3.41. The highest BCUT2D eigenvalue weighted by Crippen LogP contribution is 2.33. The summed E-state index contributed by atoms with van der Waals surface area (Å²) in [7, 11) is 0. The van der Waals surface area contributed by atoms with Crippen LogP contribution in [0.3, 0.4) is 0 Å². The zero-order valence-corrected chi connectivity index (χ0v) is 23.4. The van der Waals surface area contributed by atoms with Crippen molar-refractivity contribution in [3.63, 3.8) is 0 Å². The van der Waals surface area contributed by atoms with Crippen LogP contribution in [0.25, 0.3) is 5.69 Å². The lowest BCUT2D eigenvalue weighted by atomic mass is 9.80. The minimum Gasteiger partial charge on any atom is -0.477 e. The van der Waals surface area contributed by atoms with Crippen molar-refractivity contribution >= 4 is 17.7 Å². The SMILES string of the molecule is CC1CCC(C(=O)N(c2nn(-c3ccc(CC(C)(C)Cc4ccccc4)cc3)cc2C(=O)O)C(C)C)CC1. The zero-order valence-electron chi connectivity index (χ0n) is 23.4. The number of carbonyl (C=O) groups excluding carboxylic acids is 1. The lowest BCUT2D eigenvalue weighted by Crippen LogP contribution is -2.43. The number of benzene rings is 2. The van der Waals surface area contributed by atoms with Crippen molar-refractivity contribution in [3.8, 4) is 5.69 Å². The van der Waals surface area contributed by atoms with Gasteiger partial charge in [-0.2, -0.15) is 0 Å². The molecule has 1 saturated carbocycles. The molecule has 0 radical (unpaired) electrons. The third-order valence-electron chi connectivity index (χ3n) is 7.68. The van der Waals surface area contributed by atoms with Gasteiger partial charge in [0.1, 0.15) is 5.56 Å². The number of rotatable bonds is 9. The Labute approximate surface area is 226 Å². The van der Waals surface area contributed by atoms with Gasteiger partial charge >= 0.3 is 5.97 Å². The summed E-state index contributed by atoms with van der Waals surface area (Å²) in [5.74, 6) is -0.327. The molecule has 0 saturated heterocycles. The minimum atomic E-state index is -1.08. The average Bonchev–Trinajstić information content (AvgIpc) is 3.30. The average molecular weight is 516 g/mol. The van der Waals surface area contributed by atoms with E-state index in [1.54, 1.807) is 9.58 Å². The summed E-state index contributed by atoms with van der Waals surface area (Å²) >= 11 is 0. The molecule has 2 aromatic carbocycles. The van der Waals surface area contributed by atoms with Crippen molar-refractivity contribution in [1.29, 1.82) is 0 Å². The van der Waals surface area contributed by atoms with E-state index in [2.05, 4.69) is 62.3 Å². The first-order chi connectivity index (χ1) is 18.0. The van der Waals surface area contributed by atoms with Gasteiger partial charge in [-0.3, -0.25) is 9.69 Å². The Morgan fingerprint density at radius 1 is 0.974 bits per heavy atom. The molecule has 1 N–H and O–H groups in total. The van der Waals surface area contributed by atoms with Crippen LogP contribution in [0.5, 0.6) is 0 Å². The van der Waals surface area contributed by atoms with E-state index in [0.717, 1.165) is 44.2 Å². The molecule has 0 bridgehead atoms. The van der Waals surface area contributed by atoms with Crippen LogP contribution in [0.4, 0.5) is 5.82 Å². The summed E-state index contributed by atoms with van der Waals surface area (Å²) in [5.41, 5.74) is 3.44. The van der Waals surface area contributed by atoms with Crippen molar-refractivity contribution in [2.24, 2.45) is 17.3 Å². The number of aromatic nitrogens is 2. The van der Waals surface area contributed by atoms with Gasteiger partial charge in [0.2, 0.25) is 5.91 Å². The van der Waals surface area contributed by atoms with E-state index in [1.165, 1.54) is 17.3 Å². The highest BCUT2D eigenvalue weighted by molar-refractivity contribution is 6.01. The van der Waals surface area contributed by atoms with Gasteiger partial charge in [0, 0.05) is 18.2 Å². The van der Waals surface area contributed by atoms with E-state index in [9.17, 15) is 14.7 Å². The summed E-state index contributed by atoms with van der Waals surface area (Å²) in [4.78, 5) is 27.4. The predicted octanol–water partition coefficient (Wildman–Crippen LogP) is 6.95. The second kappa shape index (κ2) is 11.5. The van der Waals surface area contributed by atoms with Crippen LogP contribution in [0.2, 0.25) is 0 Å². The van der Waals surface area contributed by atoms with Crippen LogP contribution >= 0.6 is 0 Å². The first kappa shape index (κ1) is 27.6. The molecular formula is C32H41N3O3. The second-order valence-electron chi connectivity index (χ2n) is 12.0. The predicted molar refractivity (Wildman–Crippen MR) is 152 cm³/mol. The summed E-state index contributed by atoms with van der Waals surface area (Å²) in [6, 6.07) is 18.4. The molecule has 6 nitrogen and oxygen atoms in total. The standard InChI is InChI=1S/C32H41N3O3/c1-22(2)35(30(36)26-15-11-23(3)12-16-26)29-28(31(37)38)21-34(33-29)27-17-13-25(14-18-27)20-32(4,5)19-24-9-7-6-8-10-24/h6-10,13-14,17-18,21-23,26H,11-12,15-16,19-20H2,1-5H3,(H,37,38). The van der Waals surface area contributed by atoms with Gasteiger partial charge in [0.05, 0.1) is 5.69 Å². The largest absolute Gasteiger partial charge is 0.477 e. The minimum absolute atomic E-state index is 0.0179. The summed E-state index contributed by atoms with van der Waals surface area (Å²) in [6.45, 7) is 10.6. The van der Waals surface area contributed by atoms with Crippen LogP contribution in [-0.2, 0) is 17.6 Å². The van der Waals surface area contributed by atoms with E-state index < -0.39 is 5.97 Å². The number of carboxylic acid groups (broad SMARTS) is 1. The summed E-state index contributed by atoms with van der Waals surface area (Å²) < 4.78 is 1.59. The van der Waals surface area contributed by atoms with E-state index >= 15 is 0 Å². The fourth-order valence-corrected chi connectivity index (χ4v) is 5.66. The Morgan fingerprint density at radius 2 is 1.55 bits per heavy atom. The number of amides is 1. The number of anilines is 1. The number of aromatic carboxylic acids is 1.